The van der Waals surface area contributed by atoms with Gasteiger partial charge in [-0.1, -0.05) is 35.2 Å². The molecule has 0 fully saturated rings. The van der Waals surface area contributed by atoms with Crippen LogP contribution in [0.25, 0.3) is 0 Å². The first-order valence-electron chi connectivity index (χ1n) is 8.82. The first-order valence-corrected chi connectivity index (χ1v) is 11.4. The number of rotatable bonds is 7. The van der Waals surface area contributed by atoms with Gasteiger partial charge in [0.25, 0.3) is 11.8 Å². The van der Waals surface area contributed by atoms with Crippen LogP contribution in [0.3, 0.4) is 0 Å². The molecule has 31 heavy (non-hydrogen) atoms. The Morgan fingerprint density at radius 1 is 1.03 bits per heavy atom. The summed E-state index contributed by atoms with van der Waals surface area (Å²) >= 11 is 3.92. The molecule has 0 spiro atoms. The van der Waals surface area contributed by atoms with Crippen LogP contribution in [0.1, 0.15) is 31.4 Å². The lowest BCUT2D eigenvalue weighted by Crippen LogP contribution is -2.10. The molecule has 0 saturated carbocycles. The normalized spacial score (nSPS) is 10.4. The third-order valence-electron chi connectivity index (χ3n) is 3.88. The lowest BCUT2D eigenvalue weighted by Gasteiger charge is -1.99. The molecule has 0 atom stereocenters. The SMILES string of the molecule is N#Cc1ccc(CSc2nnc(NC(=O)c3ccc(NC(=O)c4ccco4)s3)s2)cc1. The average molecular weight is 468 g/mol. The zero-order valence-electron chi connectivity index (χ0n) is 15.7. The molecule has 0 bridgehead atoms. The molecule has 4 rings (SSSR count). The number of carbonyl (C=O) groups excluding carboxylic acids is 2. The fraction of sp³-hybridized carbons (Fsp3) is 0.0500. The van der Waals surface area contributed by atoms with Crippen LogP contribution in [-0.2, 0) is 5.75 Å². The molecule has 1 aromatic carbocycles. The molecule has 0 saturated heterocycles. The Morgan fingerprint density at radius 3 is 2.61 bits per heavy atom. The van der Waals surface area contributed by atoms with Crippen LogP contribution in [0, 0.1) is 11.3 Å². The van der Waals surface area contributed by atoms with Crippen LogP contribution < -0.4 is 10.6 Å². The quantitative estimate of drug-likeness (QED) is 0.294. The fourth-order valence-corrected chi connectivity index (χ4v) is 4.91. The first kappa shape index (κ1) is 20.8. The smallest absolute Gasteiger partial charge is 0.291 e. The Balaban J connectivity index is 1.31. The monoisotopic (exact) mass is 467 g/mol. The second-order valence-electron chi connectivity index (χ2n) is 6.02. The predicted molar refractivity (Wildman–Crippen MR) is 120 cm³/mol. The van der Waals surface area contributed by atoms with Gasteiger partial charge in [0.15, 0.2) is 10.1 Å². The highest BCUT2D eigenvalue weighted by Crippen LogP contribution is 2.29. The summed E-state index contributed by atoms with van der Waals surface area (Å²) in [6, 6.07) is 15.9. The molecule has 0 aliphatic carbocycles. The molecule has 0 radical (unpaired) electrons. The van der Waals surface area contributed by atoms with E-state index in [1.54, 1.807) is 36.4 Å². The van der Waals surface area contributed by atoms with E-state index in [1.165, 1.54) is 29.4 Å². The third-order valence-corrected chi connectivity index (χ3v) is 6.93. The van der Waals surface area contributed by atoms with Gasteiger partial charge in [-0.05, 0) is 42.0 Å². The molecule has 3 aromatic heterocycles. The van der Waals surface area contributed by atoms with E-state index in [1.807, 2.05) is 12.1 Å². The number of hydrogen-bond donors (Lipinski definition) is 2. The summed E-state index contributed by atoms with van der Waals surface area (Å²) in [4.78, 5) is 24.9. The molecule has 2 N–H and O–H groups in total. The zero-order chi connectivity index (χ0) is 21.6. The maximum absolute atomic E-state index is 12.5. The minimum Gasteiger partial charge on any atom is -0.459 e. The van der Waals surface area contributed by atoms with E-state index in [-0.39, 0.29) is 17.6 Å². The Labute approximate surface area is 188 Å². The molecule has 3 heterocycles. The third kappa shape index (κ3) is 5.37. The van der Waals surface area contributed by atoms with Gasteiger partial charge < -0.3 is 9.73 Å². The van der Waals surface area contributed by atoms with Gasteiger partial charge in [0, 0.05) is 5.75 Å². The molecule has 0 aliphatic heterocycles. The van der Waals surface area contributed by atoms with E-state index < -0.39 is 0 Å². The number of furan rings is 1. The number of anilines is 2. The number of benzene rings is 1. The van der Waals surface area contributed by atoms with E-state index in [9.17, 15) is 9.59 Å². The number of amides is 2. The average Bonchev–Trinajstić information content (AvgIpc) is 3.54. The molecule has 0 aliphatic rings. The van der Waals surface area contributed by atoms with Crippen molar-refractivity contribution in [1.29, 1.82) is 5.26 Å². The number of nitrogens with zero attached hydrogens (tertiary/aromatic N) is 3. The highest BCUT2D eigenvalue weighted by molar-refractivity contribution is 8.00. The zero-order valence-corrected chi connectivity index (χ0v) is 18.1. The summed E-state index contributed by atoms with van der Waals surface area (Å²) in [6.45, 7) is 0. The molecule has 0 unspecified atom stereocenters. The van der Waals surface area contributed by atoms with Crippen LogP contribution in [0.2, 0.25) is 0 Å². The lowest BCUT2D eigenvalue weighted by atomic mass is 10.2. The Hall–Kier alpha value is -3.46. The van der Waals surface area contributed by atoms with Gasteiger partial charge in [-0.2, -0.15) is 5.26 Å². The van der Waals surface area contributed by atoms with Crippen LogP contribution in [-0.4, -0.2) is 22.0 Å². The summed E-state index contributed by atoms with van der Waals surface area (Å²) in [5.74, 6) is 0.159. The maximum Gasteiger partial charge on any atom is 0.291 e. The van der Waals surface area contributed by atoms with Crippen molar-refractivity contribution in [3.8, 4) is 6.07 Å². The van der Waals surface area contributed by atoms with Gasteiger partial charge in [-0.3, -0.25) is 14.9 Å². The number of nitrogens with one attached hydrogen (secondary N) is 2. The highest BCUT2D eigenvalue weighted by Gasteiger charge is 2.15. The van der Waals surface area contributed by atoms with Crippen molar-refractivity contribution in [2.75, 3.05) is 10.6 Å². The summed E-state index contributed by atoms with van der Waals surface area (Å²) in [5.41, 5.74) is 1.68. The van der Waals surface area contributed by atoms with Crippen LogP contribution in [0.5, 0.6) is 0 Å². The highest BCUT2D eigenvalue weighted by atomic mass is 32.2. The summed E-state index contributed by atoms with van der Waals surface area (Å²) in [5, 5.41) is 23.3. The largest absolute Gasteiger partial charge is 0.459 e. The summed E-state index contributed by atoms with van der Waals surface area (Å²) in [7, 11) is 0. The van der Waals surface area contributed by atoms with Crippen molar-refractivity contribution in [3.63, 3.8) is 0 Å². The number of hydrogen-bond acceptors (Lipinski definition) is 9. The van der Waals surface area contributed by atoms with Gasteiger partial charge >= 0.3 is 0 Å². The number of carbonyl (C=O) groups is 2. The van der Waals surface area contributed by atoms with E-state index in [0.717, 1.165) is 21.2 Å². The predicted octanol–water partition coefficient (Wildman–Crippen LogP) is 4.86. The summed E-state index contributed by atoms with van der Waals surface area (Å²) in [6.07, 6.45) is 1.42. The number of thioether (sulfide) groups is 1. The summed E-state index contributed by atoms with van der Waals surface area (Å²) < 4.78 is 5.77. The topological polar surface area (TPSA) is 121 Å². The van der Waals surface area contributed by atoms with Gasteiger partial charge in [-0.15, -0.1) is 21.5 Å². The van der Waals surface area contributed by atoms with Crippen LogP contribution >= 0.6 is 34.4 Å². The van der Waals surface area contributed by atoms with Crippen molar-refractivity contribution in [1.82, 2.24) is 10.2 Å². The fourth-order valence-electron chi connectivity index (χ4n) is 2.41. The number of thiophene rings is 1. The lowest BCUT2D eigenvalue weighted by molar-refractivity contribution is 0.0995. The van der Waals surface area contributed by atoms with E-state index >= 15 is 0 Å². The maximum atomic E-state index is 12.5. The van der Waals surface area contributed by atoms with Crippen molar-refractivity contribution >= 4 is 56.4 Å². The molecular formula is C20H13N5O3S3. The molecule has 11 heteroatoms. The number of nitriles is 1. The molecule has 8 nitrogen and oxygen atoms in total. The van der Waals surface area contributed by atoms with Crippen molar-refractivity contribution < 1.29 is 14.0 Å². The molecule has 4 aromatic rings. The molecular weight excluding hydrogens is 454 g/mol. The minimum absolute atomic E-state index is 0.194. The second kappa shape index (κ2) is 9.57. The first-order chi connectivity index (χ1) is 15.1. The van der Waals surface area contributed by atoms with Crippen molar-refractivity contribution in [2.45, 2.75) is 10.1 Å². The molecule has 2 amide bonds. The van der Waals surface area contributed by atoms with Gasteiger partial charge in [0.1, 0.15) is 0 Å². The standard InChI is InChI=1S/C20H13N5O3S3/c21-10-12-3-5-13(6-4-12)11-29-20-25-24-19(31-20)23-18(27)15-7-8-16(30-15)22-17(26)14-2-1-9-28-14/h1-9H,11H2,(H,22,26)(H,23,24,27). The second-order valence-corrected chi connectivity index (χ2v) is 9.30. The van der Waals surface area contributed by atoms with Gasteiger partial charge in [-0.25, -0.2) is 0 Å². The Morgan fingerprint density at radius 2 is 1.87 bits per heavy atom. The minimum atomic E-state index is -0.383. The van der Waals surface area contributed by atoms with E-state index in [2.05, 4.69) is 26.9 Å². The van der Waals surface area contributed by atoms with E-state index in [4.69, 9.17) is 9.68 Å². The molecule has 154 valence electrons. The van der Waals surface area contributed by atoms with Gasteiger partial charge in [0.2, 0.25) is 5.13 Å². The van der Waals surface area contributed by atoms with E-state index in [0.29, 0.717) is 26.3 Å². The Bertz CT molecular complexity index is 1240. The van der Waals surface area contributed by atoms with Crippen molar-refractivity contribution in [3.05, 3.63) is 76.6 Å². The van der Waals surface area contributed by atoms with Gasteiger partial charge in [0.05, 0.1) is 27.8 Å². The number of aromatic nitrogens is 2. The van der Waals surface area contributed by atoms with Crippen molar-refractivity contribution in [2.24, 2.45) is 0 Å². The Kier molecular flexibility index (Phi) is 6.42. The van der Waals surface area contributed by atoms with Crippen LogP contribution in [0.15, 0.2) is 63.6 Å². The van der Waals surface area contributed by atoms with Crippen LogP contribution in [0.4, 0.5) is 10.1 Å².